The van der Waals surface area contributed by atoms with Gasteiger partial charge in [-0.1, -0.05) is 5.22 Å². The van der Waals surface area contributed by atoms with E-state index in [9.17, 15) is 13.2 Å². The summed E-state index contributed by atoms with van der Waals surface area (Å²) in [6, 6.07) is 12.6. The highest BCUT2D eigenvalue weighted by Crippen LogP contribution is 2.19. The Kier molecular flexibility index (Phi) is 5.30. The van der Waals surface area contributed by atoms with Gasteiger partial charge in [0.15, 0.2) is 5.78 Å². The maximum absolute atomic E-state index is 12.4. The fourth-order valence-electron chi connectivity index (χ4n) is 1.82. The van der Waals surface area contributed by atoms with Crippen molar-refractivity contribution in [1.29, 1.82) is 0 Å². The van der Waals surface area contributed by atoms with Gasteiger partial charge in [-0.2, -0.15) is 8.42 Å². The molecule has 0 spiro atoms. The molecule has 2 rings (SSSR count). The van der Waals surface area contributed by atoms with Gasteiger partial charge in [0.05, 0.1) is 11.9 Å². The molecule has 2 aromatic carbocycles. The molecule has 0 fully saturated rings. The van der Waals surface area contributed by atoms with E-state index in [0.717, 1.165) is 6.26 Å². The molecule has 0 aliphatic rings. The van der Waals surface area contributed by atoms with E-state index in [1.165, 1.54) is 24.3 Å². The van der Waals surface area contributed by atoms with E-state index in [1.807, 2.05) is 0 Å². The van der Waals surface area contributed by atoms with Crippen LogP contribution in [0.15, 0.2) is 58.9 Å². The Morgan fingerprint density at radius 1 is 0.958 bits per heavy atom. The van der Waals surface area contributed by atoms with Gasteiger partial charge in [0.25, 0.3) is 0 Å². The first kappa shape index (κ1) is 17.6. The molecule has 0 aliphatic heterocycles. The molecular formula is C16H17N3O4S. The number of carbonyl (C=O) groups is 1. The van der Waals surface area contributed by atoms with E-state index in [1.54, 1.807) is 43.4 Å². The molecule has 0 bridgehead atoms. The predicted octanol–water partition coefficient (Wildman–Crippen LogP) is 2.82. The monoisotopic (exact) mass is 347 g/mol. The number of rotatable bonds is 6. The van der Waals surface area contributed by atoms with Crippen molar-refractivity contribution >= 4 is 21.6 Å². The van der Waals surface area contributed by atoms with Crippen LogP contribution >= 0.6 is 0 Å². The van der Waals surface area contributed by atoms with Crippen molar-refractivity contribution in [2.75, 3.05) is 20.4 Å². The van der Waals surface area contributed by atoms with Crippen molar-refractivity contribution < 1.29 is 17.4 Å². The zero-order chi connectivity index (χ0) is 17.7. The normalized spacial score (nSPS) is 11.5. The number of carbonyl (C=O) groups excluding carboxylic acids is 1. The maximum Gasteiger partial charge on any atom is 0.306 e. The SMILES string of the molecule is CN(C)N=Nc1ccc(C(=O)c2ccc(OS(C)(=O)=O)cc2)cc1. The Labute approximate surface area is 140 Å². The van der Waals surface area contributed by atoms with Gasteiger partial charge in [0.2, 0.25) is 0 Å². The first-order chi connectivity index (χ1) is 11.2. The second-order valence-corrected chi connectivity index (χ2v) is 6.80. The zero-order valence-electron chi connectivity index (χ0n) is 13.5. The van der Waals surface area contributed by atoms with Crippen LogP contribution in [0.1, 0.15) is 15.9 Å². The maximum atomic E-state index is 12.4. The third-order valence-corrected chi connectivity index (χ3v) is 3.33. The van der Waals surface area contributed by atoms with Crippen molar-refractivity contribution in [1.82, 2.24) is 5.01 Å². The lowest BCUT2D eigenvalue weighted by atomic mass is 10.0. The number of hydrogen-bond donors (Lipinski definition) is 0. The smallest absolute Gasteiger partial charge is 0.306 e. The summed E-state index contributed by atoms with van der Waals surface area (Å²) in [6.07, 6.45) is 0.960. The van der Waals surface area contributed by atoms with Crippen molar-refractivity contribution in [2.24, 2.45) is 10.3 Å². The topological polar surface area (TPSA) is 88.4 Å². The zero-order valence-corrected chi connectivity index (χ0v) is 14.3. The van der Waals surface area contributed by atoms with E-state index in [4.69, 9.17) is 4.18 Å². The summed E-state index contributed by atoms with van der Waals surface area (Å²) in [6.45, 7) is 0. The summed E-state index contributed by atoms with van der Waals surface area (Å²) < 4.78 is 26.9. The van der Waals surface area contributed by atoms with Crippen LogP contribution in [-0.2, 0) is 10.1 Å². The second-order valence-electron chi connectivity index (χ2n) is 5.22. The molecule has 0 aliphatic carbocycles. The van der Waals surface area contributed by atoms with E-state index in [2.05, 4.69) is 10.3 Å². The minimum Gasteiger partial charge on any atom is -0.383 e. The minimum atomic E-state index is -3.59. The molecule has 0 radical (unpaired) electrons. The number of benzene rings is 2. The Balaban J connectivity index is 2.14. The molecule has 7 nitrogen and oxygen atoms in total. The summed E-state index contributed by atoms with van der Waals surface area (Å²) in [5, 5.41) is 9.44. The molecular weight excluding hydrogens is 330 g/mol. The highest BCUT2D eigenvalue weighted by molar-refractivity contribution is 7.86. The van der Waals surface area contributed by atoms with E-state index in [0.29, 0.717) is 16.8 Å². The molecule has 24 heavy (non-hydrogen) atoms. The second kappa shape index (κ2) is 7.22. The van der Waals surface area contributed by atoms with Gasteiger partial charge < -0.3 is 4.18 Å². The molecule has 0 saturated carbocycles. The number of ketones is 1. The number of hydrogen-bond acceptors (Lipinski definition) is 6. The lowest BCUT2D eigenvalue weighted by Gasteiger charge is -2.05. The third-order valence-electron chi connectivity index (χ3n) is 2.83. The van der Waals surface area contributed by atoms with Gasteiger partial charge in [-0.15, -0.1) is 5.11 Å². The van der Waals surface area contributed by atoms with Crippen LogP contribution in [0.2, 0.25) is 0 Å². The van der Waals surface area contributed by atoms with Gasteiger partial charge >= 0.3 is 10.1 Å². The van der Waals surface area contributed by atoms with Crippen LogP contribution in [0.3, 0.4) is 0 Å². The molecule has 126 valence electrons. The number of nitrogens with zero attached hydrogens (tertiary/aromatic N) is 3. The van der Waals surface area contributed by atoms with Crippen molar-refractivity contribution in [3.05, 3.63) is 59.7 Å². The predicted molar refractivity (Wildman–Crippen MR) is 90.0 cm³/mol. The van der Waals surface area contributed by atoms with Gasteiger partial charge in [0.1, 0.15) is 5.75 Å². The highest BCUT2D eigenvalue weighted by Gasteiger charge is 2.10. The summed E-state index contributed by atoms with van der Waals surface area (Å²) in [7, 11) is -0.0617. The molecule has 0 amide bonds. The van der Waals surface area contributed by atoms with Crippen LogP contribution in [0, 0.1) is 0 Å². The van der Waals surface area contributed by atoms with Crippen LogP contribution in [0.4, 0.5) is 5.69 Å². The molecule has 0 aromatic heterocycles. The molecule has 2 aromatic rings. The van der Waals surface area contributed by atoms with Gasteiger partial charge in [-0.05, 0) is 48.5 Å². The lowest BCUT2D eigenvalue weighted by Crippen LogP contribution is -2.06. The van der Waals surface area contributed by atoms with Gasteiger partial charge in [0, 0.05) is 25.2 Å². The van der Waals surface area contributed by atoms with Crippen LogP contribution < -0.4 is 4.18 Å². The Hall–Kier alpha value is -2.74. The first-order valence-corrected chi connectivity index (χ1v) is 8.79. The summed E-state index contributed by atoms with van der Waals surface area (Å²) in [5.74, 6) is -0.0227. The molecule has 0 N–H and O–H groups in total. The highest BCUT2D eigenvalue weighted by atomic mass is 32.2. The Morgan fingerprint density at radius 3 is 1.92 bits per heavy atom. The summed E-state index contributed by atoms with van der Waals surface area (Å²) in [5.41, 5.74) is 1.56. The first-order valence-electron chi connectivity index (χ1n) is 6.98. The minimum absolute atomic E-state index is 0.161. The molecule has 0 unspecified atom stereocenters. The van der Waals surface area contributed by atoms with E-state index in [-0.39, 0.29) is 11.5 Å². The Morgan fingerprint density at radius 2 is 1.46 bits per heavy atom. The van der Waals surface area contributed by atoms with Crippen LogP contribution in [0.5, 0.6) is 5.75 Å². The van der Waals surface area contributed by atoms with Crippen molar-refractivity contribution in [3.63, 3.8) is 0 Å². The average molecular weight is 347 g/mol. The quantitative estimate of drug-likeness (QED) is 0.347. The van der Waals surface area contributed by atoms with Crippen molar-refractivity contribution in [2.45, 2.75) is 0 Å². The molecule has 0 saturated heterocycles. The van der Waals surface area contributed by atoms with E-state index < -0.39 is 10.1 Å². The van der Waals surface area contributed by atoms with Crippen LogP contribution in [-0.4, -0.2) is 39.6 Å². The largest absolute Gasteiger partial charge is 0.383 e. The third kappa shape index (κ3) is 5.17. The molecule has 0 heterocycles. The average Bonchev–Trinajstić information content (AvgIpc) is 2.52. The standard InChI is InChI=1S/C16H17N3O4S/c1-19(2)18-17-14-8-4-12(5-9-14)16(20)13-6-10-15(11-7-13)23-24(3,21)22/h4-11H,1-3H3. The fourth-order valence-corrected chi connectivity index (χ4v) is 2.28. The van der Waals surface area contributed by atoms with Gasteiger partial charge in [-0.25, -0.2) is 0 Å². The molecule has 8 heteroatoms. The summed E-state index contributed by atoms with van der Waals surface area (Å²) >= 11 is 0. The van der Waals surface area contributed by atoms with Crippen LogP contribution in [0.25, 0.3) is 0 Å². The van der Waals surface area contributed by atoms with Gasteiger partial charge in [-0.3, -0.25) is 9.80 Å². The van der Waals surface area contributed by atoms with E-state index >= 15 is 0 Å². The molecule has 0 atom stereocenters. The Bertz CT molecular complexity index is 842. The van der Waals surface area contributed by atoms with Crippen molar-refractivity contribution in [3.8, 4) is 5.75 Å². The summed E-state index contributed by atoms with van der Waals surface area (Å²) in [4.78, 5) is 12.4. The fraction of sp³-hybridized carbons (Fsp3) is 0.188. The lowest BCUT2D eigenvalue weighted by molar-refractivity contribution is 0.103.